The average molecular weight is 224 g/mol. The molecule has 0 heterocycles. The molecular formula is C16H16O. The van der Waals surface area contributed by atoms with Crippen LogP contribution in [0.3, 0.4) is 0 Å². The lowest BCUT2D eigenvalue weighted by Gasteiger charge is -2.05. The second-order valence-corrected chi connectivity index (χ2v) is 3.98. The van der Waals surface area contributed by atoms with E-state index >= 15 is 0 Å². The number of allylic oxidation sites excluding steroid dienone is 1. The Hall–Kier alpha value is -2.02. The van der Waals surface area contributed by atoms with Crippen molar-refractivity contribution in [2.75, 3.05) is 0 Å². The molecule has 0 aliphatic rings. The molecule has 0 bridgehead atoms. The Labute approximate surface area is 102 Å². The molecule has 0 saturated carbocycles. The van der Waals surface area contributed by atoms with Crippen LogP contribution in [-0.2, 0) is 0 Å². The molecule has 17 heavy (non-hydrogen) atoms. The first-order valence-electron chi connectivity index (χ1n) is 5.84. The van der Waals surface area contributed by atoms with Crippen LogP contribution in [-0.4, -0.2) is 5.11 Å². The summed E-state index contributed by atoms with van der Waals surface area (Å²) in [4.78, 5) is 0. The fourth-order valence-corrected chi connectivity index (χ4v) is 1.81. The van der Waals surface area contributed by atoms with Crippen molar-refractivity contribution in [1.29, 1.82) is 0 Å². The van der Waals surface area contributed by atoms with Gasteiger partial charge in [0.25, 0.3) is 0 Å². The fraction of sp³-hybridized carbons (Fsp3) is 0.125. The SMILES string of the molecule is CC/C(=C\c1ccc(O)cc1)c1ccccc1. The van der Waals surface area contributed by atoms with E-state index in [4.69, 9.17) is 0 Å². The van der Waals surface area contributed by atoms with Crippen LogP contribution in [0.4, 0.5) is 0 Å². The Morgan fingerprint density at radius 3 is 2.24 bits per heavy atom. The first-order chi connectivity index (χ1) is 8.29. The third kappa shape index (κ3) is 2.97. The van der Waals surface area contributed by atoms with Crippen LogP contribution in [0.1, 0.15) is 24.5 Å². The highest BCUT2D eigenvalue weighted by molar-refractivity contribution is 5.81. The highest BCUT2D eigenvalue weighted by atomic mass is 16.3. The molecule has 0 aromatic heterocycles. The zero-order valence-corrected chi connectivity index (χ0v) is 9.93. The molecule has 0 atom stereocenters. The van der Waals surface area contributed by atoms with Gasteiger partial charge in [0.1, 0.15) is 5.75 Å². The standard InChI is InChI=1S/C16H16O/c1-2-14(15-6-4-3-5-7-15)12-13-8-10-16(17)11-9-13/h3-12,17H,2H2,1H3/b14-12+. The Morgan fingerprint density at radius 1 is 1.00 bits per heavy atom. The molecule has 0 spiro atoms. The molecule has 0 amide bonds. The summed E-state index contributed by atoms with van der Waals surface area (Å²) in [5, 5.41) is 9.24. The molecule has 1 N–H and O–H groups in total. The van der Waals surface area contributed by atoms with Gasteiger partial charge in [-0.15, -0.1) is 0 Å². The number of phenolic OH excluding ortho intramolecular Hbond substituents is 1. The smallest absolute Gasteiger partial charge is 0.115 e. The van der Waals surface area contributed by atoms with Gasteiger partial charge < -0.3 is 5.11 Å². The van der Waals surface area contributed by atoms with Crippen molar-refractivity contribution in [3.8, 4) is 5.75 Å². The number of hydrogen-bond acceptors (Lipinski definition) is 1. The van der Waals surface area contributed by atoms with Gasteiger partial charge in [0.15, 0.2) is 0 Å². The van der Waals surface area contributed by atoms with Crippen LogP contribution < -0.4 is 0 Å². The normalized spacial score (nSPS) is 11.5. The number of aromatic hydroxyl groups is 1. The maximum Gasteiger partial charge on any atom is 0.115 e. The lowest BCUT2D eigenvalue weighted by atomic mass is 10.0. The Kier molecular flexibility index (Phi) is 3.61. The second kappa shape index (κ2) is 5.35. The van der Waals surface area contributed by atoms with Crippen LogP contribution in [0, 0.1) is 0 Å². The predicted octanol–water partition coefficient (Wildman–Crippen LogP) is 4.34. The molecule has 0 saturated heterocycles. The number of rotatable bonds is 3. The lowest BCUT2D eigenvalue weighted by Crippen LogP contribution is -1.82. The van der Waals surface area contributed by atoms with Gasteiger partial charge in [-0.2, -0.15) is 0 Å². The van der Waals surface area contributed by atoms with Gasteiger partial charge >= 0.3 is 0 Å². The maximum atomic E-state index is 9.24. The molecule has 0 aliphatic heterocycles. The summed E-state index contributed by atoms with van der Waals surface area (Å²) < 4.78 is 0. The van der Waals surface area contributed by atoms with Crippen LogP contribution in [0.5, 0.6) is 5.75 Å². The van der Waals surface area contributed by atoms with Crippen LogP contribution in [0.25, 0.3) is 11.6 Å². The van der Waals surface area contributed by atoms with Gasteiger partial charge in [0.2, 0.25) is 0 Å². The van der Waals surface area contributed by atoms with Crippen molar-refractivity contribution in [2.24, 2.45) is 0 Å². The van der Waals surface area contributed by atoms with Gasteiger partial charge in [0, 0.05) is 0 Å². The minimum Gasteiger partial charge on any atom is -0.508 e. The molecule has 2 rings (SSSR count). The summed E-state index contributed by atoms with van der Waals surface area (Å²) in [5.74, 6) is 0.305. The van der Waals surface area contributed by atoms with Gasteiger partial charge in [0.05, 0.1) is 0 Å². The fourth-order valence-electron chi connectivity index (χ4n) is 1.81. The quantitative estimate of drug-likeness (QED) is 0.769. The van der Waals surface area contributed by atoms with Crippen molar-refractivity contribution in [3.05, 3.63) is 65.7 Å². The molecule has 0 radical (unpaired) electrons. The Bertz CT molecular complexity index is 495. The third-order valence-electron chi connectivity index (χ3n) is 2.76. The maximum absolute atomic E-state index is 9.24. The van der Waals surface area contributed by atoms with Crippen LogP contribution in [0.2, 0.25) is 0 Å². The van der Waals surface area contributed by atoms with Crippen molar-refractivity contribution in [2.45, 2.75) is 13.3 Å². The molecule has 2 aromatic carbocycles. The second-order valence-electron chi connectivity index (χ2n) is 3.98. The van der Waals surface area contributed by atoms with Crippen LogP contribution >= 0.6 is 0 Å². The minimum atomic E-state index is 0.305. The summed E-state index contributed by atoms with van der Waals surface area (Å²) in [6.07, 6.45) is 3.15. The van der Waals surface area contributed by atoms with Gasteiger partial charge in [-0.3, -0.25) is 0 Å². The van der Waals surface area contributed by atoms with Gasteiger partial charge in [-0.05, 0) is 35.3 Å². The molecule has 1 heteroatoms. The largest absolute Gasteiger partial charge is 0.508 e. The first-order valence-corrected chi connectivity index (χ1v) is 5.84. The minimum absolute atomic E-state index is 0.305. The van der Waals surface area contributed by atoms with Gasteiger partial charge in [-0.1, -0.05) is 55.5 Å². The number of phenols is 1. The van der Waals surface area contributed by atoms with Crippen molar-refractivity contribution >= 4 is 11.6 Å². The molecule has 0 fully saturated rings. The first kappa shape index (κ1) is 11.5. The van der Waals surface area contributed by atoms with E-state index in [0.717, 1.165) is 12.0 Å². The van der Waals surface area contributed by atoms with E-state index in [2.05, 4.69) is 37.3 Å². The summed E-state index contributed by atoms with van der Waals surface area (Å²) in [5.41, 5.74) is 3.67. The van der Waals surface area contributed by atoms with E-state index in [9.17, 15) is 5.11 Å². The van der Waals surface area contributed by atoms with E-state index in [-0.39, 0.29) is 0 Å². The molecule has 86 valence electrons. The highest BCUT2D eigenvalue weighted by Gasteiger charge is 1.98. The third-order valence-corrected chi connectivity index (χ3v) is 2.76. The van der Waals surface area contributed by atoms with Gasteiger partial charge in [-0.25, -0.2) is 0 Å². The van der Waals surface area contributed by atoms with Crippen molar-refractivity contribution < 1.29 is 5.11 Å². The Morgan fingerprint density at radius 2 is 1.65 bits per heavy atom. The average Bonchev–Trinajstić information content (AvgIpc) is 2.39. The molecular weight excluding hydrogens is 208 g/mol. The zero-order chi connectivity index (χ0) is 12.1. The van der Waals surface area contributed by atoms with E-state index in [1.54, 1.807) is 12.1 Å². The summed E-state index contributed by atoms with van der Waals surface area (Å²) >= 11 is 0. The summed E-state index contributed by atoms with van der Waals surface area (Å²) in [6.45, 7) is 2.15. The van der Waals surface area contributed by atoms with Crippen molar-refractivity contribution in [3.63, 3.8) is 0 Å². The summed E-state index contributed by atoms with van der Waals surface area (Å²) in [7, 11) is 0. The Balaban J connectivity index is 2.33. The van der Waals surface area contributed by atoms with Crippen molar-refractivity contribution in [1.82, 2.24) is 0 Å². The molecule has 0 unspecified atom stereocenters. The predicted molar refractivity (Wildman–Crippen MR) is 72.7 cm³/mol. The topological polar surface area (TPSA) is 20.2 Å². The van der Waals surface area contributed by atoms with E-state index in [1.807, 2.05) is 18.2 Å². The molecule has 0 aliphatic carbocycles. The highest BCUT2D eigenvalue weighted by Crippen LogP contribution is 2.22. The summed E-state index contributed by atoms with van der Waals surface area (Å²) in [6, 6.07) is 17.6. The van der Waals surface area contributed by atoms with E-state index in [0.29, 0.717) is 5.75 Å². The van der Waals surface area contributed by atoms with E-state index in [1.165, 1.54) is 11.1 Å². The number of benzene rings is 2. The number of hydrogen-bond donors (Lipinski definition) is 1. The molecule has 1 nitrogen and oxygen atoms in total. The van der Waals surface area contributed by atoms with E-state index < -0.39 is 0 Å². The molecule has 2 aromatic rings. The zero-order valence-electron chi connectivity index (χ0n) is 9.93. The van der Waals surface area contributed by atoms with Crippen LogP contribution in [0.15, 0.2) is 54.6 Å². The lowest BCUT2D eigenvalue weighted by molar-refractivity contribution is 0.475. The monoisotopic (exact) mass is 224 g/mol.